The first-order valence-corrected chi connectivity index (χ1v) is 9.53. The topological polar surface area (TPSA) is 90.4 Å². The summed E-state index contributed by atoms with van der Waals surface area (Å²) >= 11 is 0. The molecule has 2 N–H and O–H groups in total. The molecule has 4 aliphatic heterocycles. The smallest absolute Gasteiger partial charge is 0.422 e. The van der Waals surface area contributed by atoms with Crippen LogP contribution in [0.4, 0.5) is 36.4 Å². The molecule has 8 nitrogen and oxygen atoms in total. The van der Waals surface area contributed by atoms with E-state index < -0.39 is 18.8 Å². The number of nitrogens with zero attached hydrogens (tertiary/aromatic N) is 3. The van der Waals surface area contributed by atoms with Crippen molar-refractivity contribution in [1.82, 2.24) is 15.0 Å². The Morgan fingerprint density at radius 3 is 1.66 bits per heavy atom. The Balaban J connectivity index is 1.65. The molecule has 11 heteroatoms. The van der Waals surface area contributed by atoms with Crippen molar-refractivity contribution in [2.45, 2.75) is 6.18 Å². The molecule has 6 bridgehead atoms. The van der Waals surface area contributed by atoms with Gasteiger partial charge in [0, 0.05) is 11.4 Å². The van der Waals surface area contributed by atoms with E-state index in [4.69, 9.17) is 14.2 Å². The lowest BCUT2D eigenvalue weighted by molar-refractivity contribution is -0.154. The second kappa shape index (κ2) is 9.41. The molecular weight excluding hydrogens is 427 g/mol. The van der Waals surface area contributed by atoms with E-state index in [1.54, 1.807) is 48.5 Å². The van der Waals surface area contributed by atoms with Gasteiger partial charge in [-0.25, -0.2) is 0 Å². The molecule has 1 aromatic heterocycles. The lowest BCUT2D eigenvalue weighted by Gasteiger charge is -2.12. The van der Waals surface area contributed by atoms with Gasteiger partial charge in [-0.2, -0.15) is 28.1 Å². The molecule has 0 spiro atoms. The number of nitrogens with one attached hydrogen (secondary N) is 2. The predicted octanol–water partition coefficient (Wildman–Crippen LogP) is 4.63. The fourth-order valence-electron chi connectivity index (χ4n) is 2.63. The number of halogens is 3. The summed E-state index contributed by atoms with van der Waals surface area (Å²) in [6, 6.07) is 13.4. The Bertz CT molecular complexity index is 1000. The largest absolute Gasteiger partial charge is 0.490 e. The third-order valence-electron chi connectivity index (χ3n) is 4.06. The molecule has 32 heavy (non-hydrogen) atoms. The van der Waals surface area contributed by atoms with Gasteiger partial charge in [0.05, 0.1) is 0 Å². The average Bonchev–Trinajstić information content (AvgIpc) is 2.76. The van der Waals surface area contributed by atoms with Crippen LogP contribution in [0.5, 0.6) is 17.5 Å². The Morgan fingerprint density at radius 2 is 1.22 bits per heavy atom. The van der Waals surface area contributed by atoms with E-state index in [-0.39, 0.29) is 11.9 Å². The molecule has 0 radical (unpaired) electrons. The maximum absolute atomic E-state index is 12.6. The normalized spacial score (nSPS) is 13.6. The van der Waals surface area contributed by atoms with E-state index in [2.05, 4.69) is 25.6 Å². The van der Waals surface area contributed by atoms with Crippen LogP contribution in [0, 0.1) is 0 Å². The van der Waals surface area contributed by atoms with Gasteiger partial charge in [-0.05, 0) is 60.7 Å². The van der Waals surface area contributed by atoms with Crippen LogP contribution in [0.3, 0.4) is 0 Å². The van der Waals surface area contributed by atoms with Crippen molar-refractivity contribution in [1.29, 1.82) is 0 Å². The van der Waals surface area contributed by atoms with Crippen LogP contribution < -0.4 is 24.8 Å². The Labute approximate surface area is 181 Å². The number of alkyl halides is 3. The second-order valence-corrected chi connectivity index (χ2v) is 6.56. The van der Waals surface area contributed by atoms with Crippen LogP contribution >= 0.6 is 0 Å². The number of ether oxygens (including phenoxy) is 3. The zero-order chi connectivity index (χ0) is 22.4. The highest BCUT2D eigenvalue weighted by Crippen LogP contribution is 2.24. The van der Waals surface area contributed by atoms with Crippen LogP contribution in [0.25, 0.3) is 0 Å². The fourth-order valence-corrected chi connectivity index (χ4v) is 2.63. The van der Waals surface area contributed by atoms with Crippen LogP contribution in [0.2, 0.25) is 0 Å². The molecule has 3 aromatic rings. The Kier molecular flexibility index (Phi) is 6.24. The minimum absolute atomic E-state index is 0.00847. The minimum atomic E-state index is -4.53. The van der Waals surface area contributed by atoms with E-state index >= 15 is 0 Å². The van der Waals surface area contributed by atoms with Gasteiger partial charge in [0.25, 0.3) is 0 Å². The average molecular weight is 445 g/mol. The van der Waals surface area contributed by atoms with Crippen molar-refractivity contribution in [2.24, 2.45) is 0 Å². The SMILES string of the molecule is FC(F)(F)COc1nc2nc(n1)Nc1ccc(cc1)OCC=CCOc1ccc(cc1)N2. The molecule has 2 aromatic carbocycles. The lowest BCUT2D eigenvalue weighted by Crippen LogP contribution is -2.20. The van der Waals surface area contributed by atoms with Gasteiger partial charge in [-0.3, -0.25) is 0 Å². The van der Waals surface area contributed by atoms with E-state index in [1.807, 2.05) is 12.2 Å². The van der Waals surface area contributed by atoms with E-state index in [1.165, 1.54) is 0 Å². The first kappa shape index (κ1) is 21.2. The van der Waals surface area contributed by atoms with Gasteiger partial charge in [0.15, 0.2) is 6.61 Å². The minimum Gasteiger partial charge on any atom is -0.490 e. The summed E-state index contributed by atoms with van der Waals surface area (Å²) in [5, 5.41) is 5.86. The van der Waals surface area contributed by atoms with Gasteiger partial charge >= 0.3 is 12.2 Å². The summed E-state index contributed by atoms with van der Waals surface area (Å²) in [5.74, 6) is 1.30. The molecule has 0 unspecified atom stereocenters. The van der Waals surface area contributed by atoms with Crippen LogP contribution in [-0.2, 0) is 0 Å². The van der Waals surface area contributed by atoms with Gasteiger partial charge in [0.1, 0.15) is 24.7 Å². The number of aromatic nitrogens is 3. The standard InChI is InChI=1S/C21H18F3N5O3/c22-21(23,24)13-32-20-28-18-25-14-3-7-16(8-4-14)30-11-1-2-12-31-17-9-5-15(6-10-17)26-19(27-18)29-20/h1-10H,11-13H2,(H2,25,26,27,28,29). The molecule has 7 rings (SSSR count). The zero-order valence-electron chi connectivity index (χ0n) is 16.6. The highest BCUT2D eigenvalue weighted by Gasteiger charge is 2.29. The number of hydrogen-bond donors (Lipinski definition) is 2. The summed E-state index contributed by atoms with van der Waals surface area (Å²) in [5.41, 5.74) is 1.20. The summed E-state index contributed by atoms with van der Waals surface area (Å²) in [4.78, 5) is 12.1. The number of rotatable bonds is 2. The van der Waals surface area contributed by atoms with Gasteiger partial charge in [0.2, 0.25) is 11.9 Å². The van der Waals surface area contributed by atoms with Gasteiger partial charge in [-0.1, -0.05) is 0 Å². The third kappa shape index (κ3) is 6.24. The van der Waals surface area contributed by atoms with E-state index in [9.17, 15) is 13.2 Å². The summed E-state index contributed by atoms with van der Waals surface area (Å²) in [6.45, 7) is -0.784. The Morgan fingerprint density at radius 1 is 0.750 bits per heavy atom. The maximum atomic E-state index is 12.6. The molecule has 4 aliphatic rings. The quantitative estimate of drug-likeness (QED) is 0.552. The molecule has 0 amide bonds. The highest BCUT2D eigenvalue weighted by molar-refractivity contribution is 5.59. The molecule has 0 fully saturated rings. The number of anilines is 4. The molecule has 0 aliphatic carbocycles. The van der Waals surface area contributed by atoms with Crippen molar-refractivity contribution in [3.8, 4) is 17.5 Å². The van der Waals surface area contributed by atoms with E-state index in [0.717, 1.165) is 0 Å². The first-order chi connectivity index (χ1) is 15.4. The number of benzene rings is 2. The molecule has 0 atom stereocenters. The zero-order valence-corrected chi connectivity index (χ0v) is 16.6. The summed E-state index contributed by atoms with van der Waals surface area (Å²) < 4.78 is 53.7. The molecule has 0 saturated heterocycles. The van der Waals surface area contributed by atoms with Crippen molar-refractivity contribution in [2.75, 3.05) is 30.5 Å². The van der Waals surface area contributed by atoms with Crippen molar-refractivity contribution >= 4 is 23.3 Å². The van der Waals surface area contributed by atoms with Gasteiger partial charge < -0.3 is 24.8 Å². The first-order valence-electron chi connectivity index (χ1n) is 9.53. The van der Waals surface area contributed by atoms with Crippen LogP contribution in [-0.4, -0.2) is 40.9 Å². The maximum Gasteiger partial charge on any atom is 0.422 e. The van der Waals surface area contributed by atoms with Crippen LogP contribution in [0.1, 0.15) is 0 Å². The summed E-state index contributed by atoms with van der Waals surface area (Å²) in [7, 11) is 0. The third-order valence-corrected chi connectivity index (χ3v) is 4.06. The van der Waals surface area contributed by atoms with E-state index in [0.29, 0.717) is 36.1 Å². The predicted molar refractivity (Wildman–Crippen MR) is 111 cm³/mol. The van der Waals surface area contributed by atoms with Crippen molar-refractivity contribution in [3.63, 3.8) is 0 Å². The van der Waals surface area contributed by atoms with Crippen molar-refractivity contribution in [3.05, 3.63) is 60.7 Å². The Hall–Kier alpha value is -4.02. The molecule has 5 heterocycles. The lowest BCUT2D eigenvalue weighted by atomic mass is 10.3. The number of hydrogen-bond acceptors (Lipinski definition) is 8. The monoisotopic (exact) mass is 445 g/mol. The molecule has 166 valence electrons. The molecule has 0 saturated carbocycles. The molecular formula is C21H18F3N5O3. The fraction of sp³-hybridized carbons (Fsp3) is 0.190. The highest BCUT2D eigenvalue weighted by atomic mass is 19.4. The summed E-state index contributed by atoms with van der Waals surface area (Å²) in [6.07, 6.45) is -0.828. The van der Waals surface area contributed by atoms with Crippen LogP contribution in [0.15, 0.2) is 60.7 Å². The second-order valence-electron chi connectivity index (χ2n) is 6.56. The van der Waals surface area contributed by atoms with Gasteiger partial charge in [-0.15, -0.1) is 0 Å². The van der Waals surface area contributed by atoms with Crippen molar-refractivity contribution < 1.29 is 27.4 Å².